The maximum atomic E-state index is 10.6. The van der Waals surface area contributed by atoms with Crippen LogP contribution in [0.25, 0.3) is 0 Å². The molecule has 1 aliphatic rings. The van der Waals surface area contributed by atoms with Gasteiger partial charge in [-0.1, -0.05) is 6.92 Å². The number of amides is 1. The lowest BCUT2D eigenvalue weighted by Crippen LogP contribution is -2.55. The Bertz CT molecular complexity index is 161. The van der Waals surface area contributed by atoms with E-state index in [9.17, 15) is 4.79 Å². The largest absolute Gasteiger partial charge is 0.340 e. The zero-order chi connectivity index (χ0) is 9.14. The Balaban J connectivity index is 2.56. The maximum Gasteiger partial charge on any atom is 0.210 e. The summed E-state index contributed by atoms with van der Waals surface area (Å²) < 4.78 is 0. The van der Waals surface area contributed by atoms with Crippen LogP contribution in [0, 0.1) is 0 Å². The van der Waals surface area contributed by atoms with Crippen molar-refractivity contribution in [3.63, 3.8) is 0 Å². The van der Waals surface area contributed by atoms with Crippen LogP contribution in [0.4, 0.5) is 0 Å². The molecule has 0 N–H and O–H groups in total. The van der Waals surface area contributed by atoms with E-state index in [1.165, 1.54) is 0 Å². The molecular weight excluding hydrogens is 152 g/mol. The highest BCUT2D eigenvalue weighted by Crippen LogP contribution is 2.13. The van der Waals surface area contributed by atoms with Crippen LogP contribution in [0.3, 0.4) is 0 Å². The lowest BCUT2D eigenvalue weighted by molar-refractivity contribution is -0.123. The molecule has 1 amide bonds. The summed E-state index contributed by atoms with van der Waals surface area (Å²) in [5.41, 5.74) is 0. The Morgan fingerprint density at radius 2 is 2.17 bits per heavy atom. The molecule has 70 valence electrons. The van der Waals surface area contributed by atoms with Gasteiger partial charge in [0.2, 0.25) is 6.41 Å². The van der Waals surface area contributed by atoms with Gasteiger partial charge in [0.05, 0.1) is 0 Å². The number of hydrogen-bond acceptors (Lipinski definition) is 2. The summed E-state index contributed by atoms with van der Waals surface area (Å²) >= 11 is 0. The second kappa shape index (κ2) is 3.90. The third-order valence-electron chi connectivity index (χ3n) is 2.77. The van der Waals surface area contributed by atoms with E-state index in [2.05, 4.69) is 25.8 Å². The number of carbonyl (C=O) groups is 1. The molecule has 0 radical (unpaired) electrons. The van der Waals surface area contributed by atoms with Gasteiger partial charge in [-0.2, -0.15) is 0 Å². The molecule has 0 aromatic carbocycles. The molecule has 0 aliphatic carbocycles. The molecule has 1 heterocycles. The van der Waals surface area contributed by atoms with Crippen molar-refractivity contribution in [2.75, 3.05) is 20.1 Å². The molecular formula is C9H18N2O. The molecule has 0 bridgehead atoms. The molecule has 1 aliphatic heterocycles. The molecule has 1 saturated heterocycles. The molecule has 0 aromatic rings. The first-order chi connectivity index (χ1) is 5.69. The van der Waals surface area contributed by atoms with Gasteiger partial charge in [0.25, 0.3) is 0 Å². The van der Waals surface area contributed by atoms with Crippen LogP contribution in [-0.2, 0) is 4.79 Å². The molecule has 0 spiro atoms. The Hall–Kier alpha value is -0.570. The minimum absolute atomic E-state index is 0.371. The lowest BCUT2D eigenvalue weighted by atomic mass is 10.1. The fraction of sp³-hybridized carbons (Fsp3) is 0.889. The van der Waals surface area contributed by atoms with Crippen LogP contribution in [0.1, 0.15) is 20.3 Å². The first-order valence-corrected chi connectivity index (χ1v) is 4.60. The van der Waals surface area contributed by atoms with Crippen molar-refractivity contribution in [1.82, 2.24) is 9.80 Å². The van der Waals surface area contributed by atoms with E-state index in [0.717, 1.165) is 25.9 Å². The SMILES string of the molecule is CCC1CN(C=O)C(C)CN1C. The van der Waals surface area contributed by atoms with Crippen molar-refractivity contribution >= 4 is 6.41 Å². The quantitative estimate of drug-likeness (QED) is 0.565. The summed E-state index contributed by atoms with van der Waals surface area (Å²) in [5.74, 6) is 0. The van der Waals surface area contributed by atoms with E-state index in [-0.39, 0.29) is 0 Å². The monoisotopic (exact) mass is 170 g/mol. The van der Waals surface area contributed by atoms with Crippen LogP contribution in [0.2, 0.25) is 0 Å². The molecule has 2 unspecified atom stereocenters. The molecule has 3 nitrogen and oxygen atoms in total. The van der Waals surface area contributed by atoms with Gasteiger partial charge in [0, 0.05) is 25.2 Å². The third kappa shape index (κ3) is 1.78. The normalized spacial score (nSPS) is 32.1. The molecule has 1 fully saturated rings. The van der Waals surface area contributed by atoms with Crippen LogP contribution >= 0.6 is 0 Å². The Morgan fingerprint density at radius 3 is 2.67 bits per heavy atom. The summed E-state index contributed by atoms with van der Waals surface area (Å²) in [5, 5.41) is 0. The third-order valence-corrected chi connectivity index (χ3v) is 2.77. The van der Waals surface area contributed by atoms with E-state index in [0.29, 0.717) is 12.1 Å². The summed E-state index contributed by atoms with van der Waals surface area (Å²) in [6, 6.07) is 0.918. The van der Waals surface area contributed by atoms with Crippen molar-refractivity contribution in [3.05, 3.63) is 0 Å². The predicted molar refractivity (Wildman–Crippen MR) is 48.9 cm³/mol. The van der Waals surface area contributed by atoms with Crippen molar-refractivity contribution < 1.29 is 4.79 Å². The highest BCUT2D eigenvalue weighted by atomic mass is 16.1. The van der Waals surface area contributed by atoms with E-state index >= 15 is 0 Å². The fourth-order valence-corrected chi connectivity index (χ4v) is 1.82. The molecule has 0 saturated carbocycles. The van der Waals surface area contributed by atoms with Crippen LogP contribution in [-0.4, -0.2) is 48.4 Å². The van der Waals surface area contributed by atoms with Gasteiger partial charge in [-0.05, 0) is 20.4 Å². The predicted octanol–water partition coefficient (Wildman–Crippen LogP) is 0.557. The van der Waals surface area contributed by atoms with Crippen molar-refractivity contribution in [3.8, 4) is 0 Å². The van der Waals surface area contributed by atoms with E-state index < -0.39 is 0 Å². The first kappa shape index (κ1) is 9.52. The number of piperazine rings is 1. The molecule has 2 atom stereocenters. The van der Waals surface area contributed by atoms with E-state index in [4.69, 9.17) is 0 Å². The summed E-state index contributed by atoms with van der Waals surface area (Å²) in [4.78, 5) is 14.9. The minimum Gasteiger partial charge on any atom is -0.340 e. The number of nitrogens with zero attached hydrogens (tertiary/aromatic N) is 2. The van der Waals surface area contributed by atoms with E-state index in [1.54, 1.807) is 0 Å². The van der Waals surface area contributed by atoms with Crippen molar-refractivity contribution in [2.45, 2.75) is 32.4 Å². The molecule has 3 heteroatoms. The van der Waals surface area contributed by atoms with Crippen LogP contribution in [0.5, 0.6) is 0 Å². The Kier molecular flexibility index (Phi) is 3.09. The van der Waals surface area contributed by atoms with Gasteiger partial charge in [0.15, 0.2) is 0 Å². The Labute approximate surface area is 74.3 Å². The van der Waals surface area contributed by atoms with Gasteiger partial charge in [-0.15, -0.1) is 0 Å². The average molecular weight is 170 g/mol. The van der Waals surface area contributed by atoms with Gasteiger partial charge >= 0.3 is 0 Å². The van der Waals surface area contributed by atoms with Crippen LogP contribution < -0.4 is 0 Å². The molecule has 0 aromatic heterocycles. The standard InChI is InChI=1S/C9H18N2O/c1-4-9-6-11(7-12)8(2)5-10(9)3/h7-9H,4-6H2,1-3H3. The average Bonchev–Trinajstić information content (AvgIpc) is 2.05. The van der Waals surface area contributed by atoms with Gasteiger partial charge in [0.1, 0.15) is 0 Å². The van der Waals surface area contributed by atoms with Gasteiger partial charge < -0.3 is 4.90 Å². The number of hydrogen-bond donors (Lipinski definition) is 0. The first-order valence-electron chi connectivity index (χ1n) is 4.60. The fourth-order valence-electron chi connectivity index (χ4n) is 1.82. The smallest absolute Gasteiger partial charge is 0.210 e. The second-order valence-corrected chi connectivity index (χ2v) is 3.65. The Morgan fingerprint density at radius 1 is 1.50 bits per heavy atom. The van der Waals surface area contributed by atoms with Crippen molar-refractivity contribution in [2.24, 2.45) is 0 Å². The van der Waals surface area contributed by atoms with Gasteiger partial charge in [-0.3, -0.25) is 9.69 Å². The minimum atomic E-state index is 0.371. The number of carbonyl (C=O) groups excluding carboxylic acids is 1. The zero-order valence-corrected chi connectivity index (χ0v) is 8.16. The zero-order valence-electron chi connectivity index (χ0n) is 8.16. The highest BCUT2D eigenvalue weighted by Gasteiger charge is 2.26. The van der Waals surface area contributed by atoms with Crippen LogP contribution in [0.15, 0.2) is 0 Å². The lowest BCUT2D eigenvalue weighted by Gasteiger charge is -2.41. The number of rotatable bonds is 2. The topological polar surface area (TPSA) is 23.6 Å². The van der Waals surface area contributed by atoms with Crippen molar-refractivity contribution in [1.29, 1.82) is 0 Å². The second-order valence-electron chi connectivity index (χ2n) is 3.65. The number of likely N-dealkylation sites (N-methyl/N-ethyl adjacent to an activating group) is 1. The maximum absolute atomic E-state index is 10.6. The highest BCUT2D eigenvalue weighted by molar-refractivity contribution is 5.48. The van der Waals surface area contributed by atoms with Gasteiger partial charge in [-0.25, -0.2) is 0 Å². The molecule has 1 rings (SSSR count). The van der Waals surface area contributed by atoms with E-state index in [1.807, 2.05) is 4.90 Å². The molecule has 12 heavy (non-hydrogen) atoms. The summed E-state index contributed by atoms with van der Waals surface area (Å²) in [6.07, 6.45) is 2.09. The summed E-state index contributed by atoms with van der Waals surface area (Å²) in [6.45, 7) is 6.14. The summed E-state index contributed by atoms with van der Waals surface area (Å²) in [7, 11) is 2.13.